The van der Waals surface area contributed by atoms with Crippen LogP contribution >= 0.6 is 0 Å². The van der Waals surface area contributed by atoms with E-state index in [0.29, 0.717) is 0 Å². The van der Waals surface area contributed by atoms with Crippen LogP contribution in [0.4, 0.5) is 0 Å². The van der Waals surface area contributed by atoms with Crippen LogP contribution < -0.4 is 10.2 Å². The Hall–Kier alpha value is -0.726. The zero-order valence-electron chi connectivity index (χ0n) is 18.5. The molecule has 0 spiro atoms. The standard InChI is InChI=1S/2C5H8O2.C3H8O.2C3H7O.Ti/c2*1-4(6)3-5(2)7;3*1-3(2)4;/h2*3H2,1-2H3;3-4H,1-2H3;2*3H,1-2H3;/q;;;2*-1;+2. The third kappa shape index (κ3) is 259. The number of hydrogen-bond acceptors (Lipinski definition) is 7. The van der Waals surface area contributed by atoms with Crippen molar-refractivity contribution >= 4 is 23.1 Å². The van der Waals surface area contributed by atoms with Gasteiger partial charge in [-0.3, -0.25) is 19.2 Å². The van der Waals surface area contributed by atoms with Crippen molar-refractivity contribution in [3.63, 3.8) is 0 Å². The summed E-state index contributed by atoms with van der Waals surface area (Å²) in [6.45, 7) is 15.5. The van der Waals surface area contributed by atoms with Crippen molar-refractivity contribution in [3.05, 3.63) is 0 Å². The van der Waals surface area contributed by atoms with E-state index >= 15 is 0 Å². The van der Waals surface area contributed by atoms with Gasteiger partial charge in [0.05, 0.1) is 12.8 Å². The Bertz CT molecular complexity index is 293. The number of carbonyl (C=O) groups excluding carboxylic acids is 4. The summed E-state index contributed by atoms with van der Waals surface area (Å²) >= 11 is 0. The summed E-state index contributed by atoms with van der Waals surface area (Å²) in [5.74, 6) is -0.250. The fraction of sp³-hybridized carbons (Fsp3) is 0.789. The van der Waals surface area contributed by atoms with Crippen molar-refractivity contribution in [3.8, 4) is 0 Å². The van der Waals surface area contributed by atoms with Gasteiger partial charge in [0.2, 0.25) is 0 Å². The number of ketones is 4. The van der Waals surface area contributed by atoms with Crippen molar-refractivity contribution in [1.29, 1.82) is 0 Å². The number of aliphatic hydroxyl groups is 1. The van der Waals surface area contributed by atoms with Gasteiger partial charge in [0.15, 0.2) is 0 Å². The summed E-state index contributed by atoms with van der Waals surface area (Å²) in [5.41, 5.74) is 0. The van der Waals surface area contributed by atoms with Gasteiger partial charge >= 0.3 is 21.7 Å². The number of Topliss-reactive ketones (excluding diaryl/α,β-unsaturated/α-hetero) is 4. The van der Waals surface area contributed by atoms with Crippen LogP contribution in [0.5, 0.6) is 0 Å². The SMILES string of the molecule is CC(=O)CC(C)=O.CC(=O)CC(C)=O.CC(C)O.CC(C)[O-].CC(C)[O-].[Ti+2]. The van der Waals surface area contributed by atoms with Gasteiger partial charge < -0.3 is 15.3 Å². The van der Waals surface area contributed by atoms with Gasteiger partial charge in [0.1, 0.15) is 23.1 Å². The van der Waals surface area contributed by atoms with Gasteiger partial charge in [-0.1, -0.05) is 27.7 Å². The predicted molar refractivity (Wildman–Crippen MR) is 99.6 cm³/mol. The van der Waals surface area contributed by atoms with E-state index in [4.69, 9.17) is 5.11 Å². The molecule has 0 amide bonds. The number of aliphatic hydroxyl groups excluding tert-OH is 1. The molecule has 160 valence electrons. The Labute approximate surface area is 179 Å². The summed E-state index contributed by atoms with van der Waals surface area (Å²) in [5, 5.41) is 27.1. The molecule has 0 aromatic carbocycles. The monoisotopic (exact) mass is 426 g/mol. The predicted octanol–water partition coefficient (Wildman–Crippen LogP) is 1.00. The van der Waals surface area contributed by atoms with Crippen LogP contribution in [0.2, 0.25) is 0 Å². The van der Waals surface area contributed by atoms with Crippen LogP contribution in [-0.2, 0) is 40.9 Å². The molecular weight excluding hydrogens is 388 g/mol. The first-order chi connectivity index (χ1) is 11.4. The Balaban J connectivity index is -0.0000000520. The molecule has 0 fully saturated rings. The second-order valence-corrected chi connectivity index (χ2v) is 6.35. The number of carbonyl (C=O) groups is 4. The smallest absolute Gasteiger partial charge is 0.852 e. The second kappa shape index (κ2) is 30.0. The topological polar surface area (TPSA) is 135 Å². The normalized spacial score (nSPS) is 8.30. The van der Waals surface area contributed by atoms with E-state index in [-0.39, 0.29) is 63.8 Å². The van der Waals surface area contributed by atoms with Gasteiger partial charge in [0, 0.05) is 6.10 Å². The molecule has 27 heavy (non-hydrogen) atoms. The molecule has 7 nitrogen and oxygen atoms in total. The van der Waals surface area contributed by atoms with E-state index in [1.165, 1.54) is 27.7 Å². The van der Waals surface area contributed by atoms with Crippen LogP contribution in [0.1, 0.15) is 82.1 Å². The Kier molecular flexibility index (Phi) is 45.4. The molecule has 0 aromatic rings. The van der Waals surface area contributed by atoms with E-state index in [0.717, 1.165) is 0 Å². The molecular formula is C19H38O7Ti. The molecule has 0 bridgehead atoms. The molecule has 0 atom stereocenters. The Morgan fingerprint density at radius 2 is 0.704 bits per heavy atom. The van der Waals surface area contributed by atoms with Crippen LogP contribution in [0, 0.1) is 0 Å². The zero-order chi connectivity index (χ0) is 22.5. The van der Waals surface area contributed by atoms with Crippen molar-refractivity contribution in [2.75, 3.05) is 0 Å². The molecule has 0 radical (unpaired) electrons. The van der Waals surface area contributed by atoms with Crippen molar-refractivity contribution in [2.24, 2.45) is 0 Å². The number of hydrogen-bond donors (Lipinski definition) is 1. The molecule has 0 aliphatic carbocycles. The van der Waals surface area contributed by atoms with Crippen molar-refractivity contribution < 1.29 is 56.2 Å². The molecule has 0 saturated carbocycles. The fourth-order valence-corrected chi connectivity index (χ4v) is 0.701. The quantitative estimate of drug-likeness (QED) is 0.523. The van der Waals surface area contributed by atoms with Crippen molar-refractivity contribution in [1.82, 2.24) is 0 Å². The third-order valence-corrected chi connectivity index (χ3v) is 0.996. The second-order valence-electron chi connectivity index (χ2n) is 6.35. The summed E-state index contributed by atoms with van der Waals surface area (Å²) in [6.07, 6.45) is -0.833. The minimum Gasteiger partial charge on any atom is -0.852 e. The first-order valence-electron chi connectivity index (χ1n) is 8.42. The van der Waals surface area contributed by atoms with Gasteiger partial charge in [0.25, 0.3) is 0 Å². The average molecular weight is 426 g/mol. The minimum atomic E-state index is -0.417. The molecule has 0 saturated heterocycles. The molecule has 0 heterocycles. The largest absolute Gasteiger partial charge is 2.00 e. The first-order valence-corrected chi connectivity index (χ1v) is 8.42. The number of rotatable bonds is 4. The van der Waals surface area contributed by atoms with Crippen LogP contribution in [0.3, 0.4) is 0 Å². The minimum absolute atomic E-state index is 0. The summed E-state index contributed by atoms with van der Waals surface area (Å²) in [4.78, 5) is 40.1. The molecule has 0 aliphatic rings. The van der Waals surface area contributed by atoms with Crippen molar-refractivity contribution in [2.45, 2.75) is 100 Å². The maximum atomic E-state index is 10.0. The van der Waals surface area contributed by atoms with E-state index in [1.807, 2.05) is 0 Å². The van der Waals surface area contributed by atoms with Gasteiger partial charge in [-0.15, -0.1) is 12.2 Å². The van der Waals surface area contributed by atoms with Crippen LogP contribution in [-0.4, -0.2) is 46.6 Å². The van der Waals surface area contributed by atoms with Gasteiger partial charge in [-0.25, -0.2) is 0 Å². The molecule has 0 rings (SSSR count). The summed E-state index contributed by atoms with van der Waals surface area (Å²) in [6, 6.07) is 0. The van der Waals surface area contributed by atoms with Gasteiger partial charge in [-0.2, -0.15) is 0 Å². The fourth-order valence-electron chi connectivity index (χ4n) is 0.701. The molecule has 8 heteroatoms. The third-order valence-electron chi connectivity index (χ3n) is 0.996. The first kappa shape index (κ1) is 40.8. The Morgan fingerprint density at radius 3 is 0.704 bits per heavy atom. The molecule has 1 N–H and O–H groups in total. The van der Waals surface area contributed by atoms with Gasteiger partial charge in [-0.05, 0) is 41.5 Å². The van der Waals surface area contributed by atoms with E-state index in [2.05, 4.69) is 0 Å². The van der Waals surface area contributed by atoms with Crippen LogP contribution in [0.25, 0.3) is 0 Å². The summed E-state index contributed by atoms with van der Waals surface area (Å²) < 4.78 is 0. The molecule has 0 aromatic heterocycles. The van der Waals surface area contributed by atoms with E-state index in [9.17, 15) is 29.4 Å². The average Bonchev–Trinajstić information content (AvgIpc) is 2.21. The zero-order valence-corrected chi connectivity index (χ0v) is 20.1. The maximum absolute atomic E-state index is 10.0. The summed E-state index contributed by atoms with van der Waals surface area (Å²) in [7, 11) is 0. The maximum Gasteiger partial charge on any atom is 2.00 e. The Morgan fingerprint density at radius 1 is 0.630 bits per heavy atom. The van der Waals surface area contributed by atoms with E-state index < -0.39 is 12.2 Å². The molecule has 0 aliphatic heterocycles. The molecule has 0 unspecified atom stereocenters. The van der Waals surface area contributed by atoms with Crippen LogP contribution in [0.15, 0.2) is 0 Å². The van der Waals surface area contributed by atoms with E-state index in [1.54, 1.807) is 41.5 Å².